The van der Waals surface area contributed by atoms with E-state index in [4.69, 9.17) is 4.98 Å². The Morgan fingerprint density at radius 1 is 1.00 bits per heavy atom. The Morgan fingerprint density at radius 3 is 2.47 bits per heavy atom. The highest BCUT2D eigenvalue weighted by Crippen LogP contribution is 2.37. The average Bonchev–Trinajstić information content (AvgIpc) is 3.25. The summed E-state index contributed by atoms with van der Waals surface area (Å²) in [5.74, 6) is 1.04. The van der Waals surface area contributed by atoms with Crippen LogP contribution in [0.2, 0.25) is 0 Å². The van der Waals surface area contributed by atoms with Crippen molar-refractivity contribution < 1.29 is 18.0 Å². The third-order valence-electron chi connectivity index (χ3n) is 7.41. The van der Waals surface area contributed by atoms with Crippen molar-refractivity contribution in [2.24, 2.45) is 5.92 Å². The van der Waals surface area contributed by atoms with E-state index in [9.17, 15) is 18.0 Å². The Hall–Kier alpha value is -3.07. The van der Waals surface area contributed by atoms with Crippen LogP contribution in [0.25, 0.3) is 11.0 Å². The van der Waals surface area contributed by atoms with Crippen molar-refractivity contribution in [1.82, 2.24) is 19.4 Å². The summed E-state index contributed by atoms with van der Waals surface area (Å²) < 4.78 is 42.6. The number of rotatable bonds is 5. The summed E-state index contributed by atoms with van der Waals surface area (Å²) >= 11 is 0. The molecule has 9 heteroatoms. The highest BCUT2D eigenvalue weighted by atomic mass is 19.4. The van der Waals surface area contributed by atoms with Gasteiger partial charge in [-0.1, -0.05) is 24.3 Å². The molecule has 0 N–H and O–H groups in total. The highest BCUT2D eigenvalue weighted by molar-refractivity contribution is 5.79. The molecule has 2 aliphatic heterocycles. The van der Waals surface area contributed by atoms with Crippen LogP contribution < -0.4 is 4.90 Å². The molecule has 6 nitrogen and oxygen atoms in total. The Balaban J connectivity index is 1.21. The van der Waals surface area contributed by atoms with E-state index in [1.807, 2.05) is 23.1 Å². The maximum atomic E-state index is 13.5. The number of carbonyl (C=O) groups excluding carboxylic acids is 1. The van der Waals surface area contributed by atoms with Gasteiger partial charge in [0.05, 0.1) is 29.1 Å². The predicted octanol–water partition coefficient (Wildman–Crippen LogP) is 4.64. The number of likely N-dealkylation sites (tertiary alicyclic amines) is 1. The number of piperazine rings is 1. The maximum Gasteiger partial charge on any atom is 0.418 e. The highest BCUT2D eigenvalue weighted by Gasteiger charge is 2.36. The Kier molecular flexibility index (Phi) is 6.92. The van der Waals surface area contributed by atoms with Gasteiger partial charge in [-0.25, -0.2) is 4.98 Å². The number of hydrogen-bond donors (Lipinski definition) is 0. The van der Waals surface area contributed by atoms with Gasteiger partial charge in [0, 0.05) is 45.0 Å². The fourth-order valence-electron chi connectivity index (χ4n) is 5.61. The quantitative estimate of drug-likeness (QED) is 0.513. The first kappa shape index (κ1) is 24.6. The molecule has 3 heterocycles. The molecule has 2 fully saturated rings. The van der Waals surface area contributed by atoms with Gasteiger partial charge in [0.15, 0.2) is 0 Å². The lowest BCUT2D eigenvalue weighted by atomic mass is 9.96. The zero-order valence-electron chi connectivity index (χ0n) is 20.5. The Bertz CT molecular complexity index is 1220. The molecular weight excluding hydrogens is 467 g/mol. The lowest BCUT2D eigenvalue weighted by Crippen LogP contribution is -2.52. The number of benzene rings is 2. The van der Waals surface area contributed by atoms with Gasteiger partial charge in [-0.15, -0.1) is 0 Å². The third kappa shape index (κ3) is 4.93. The molecule has 3 aromatic rings. The van der Waals surface area contributed by atoms with Crippen LogP contribution in [0.3, 0.4) is 0 Å². The van der Waals surface area contributed by atoms with Gasteiger partial charge in [-0.2, -0.15) is 13.2 Å². The molecule has 2 aliphatic rings. The van der Waals surface area contributed by atoms with Crippen LogP contribution in [0.4, 0.5) is 18.9 Å². The molecule has 0 saturated carbocycles. The first-order valence-corrected chi connectivity index (χ1v) is 12.7. The minimum Gasteiger partial charge on any atom is -0.367 e. The SMILES string of the molecule is CCn1c(CN2CCC[C@@H](C(=O)N3CCN(c4ccccc4C(F)(F)F)CC3)C2)nc2ccccc21. The number of aryl methyl sites for hydroxylation is 1. The van der Waals surface area contributed by atoms with E-state index in [2.05, 4.69) is 22.5 Å². The maximum absolute atomic E-state index is 13.5. The second-order valence-corrected chi connectivity index (χ2v) is 9.66. The van der Waals surface area contributed by atoms with Crippen LogP contribution in [-0.2, 0) is 24.1 Å². The normalized spacial score (nSPS) is 19.7. The Labute approximate surface area is 209 Å². The van der Waals surface area contributed by atoms with E-state index in [1.54, 1.807) is 11.0 Å². The number of alkyl halides is 3. The lowest BCUT2D eigenvalue weighted by Gasteiger charge is -2.40. The number of halogens is 3. The van der Waals surface area contributed by atoms with Crippen LogP contribution in [-0.4, -0.2) is 64.5 Å². The van der Waals surface area contributed by atoms with Crippen LogP contribution in [0.5, 0.6) is 0 Å². The zero-order valence-corrected chi connectivity index (χ0v) is 20.5. The molecule has 5 rings (SSSR count). The van der Waals surface area contributed by atoms with Crippen molar-refractivity contribution in [3.63, 3.8) is 0 Å². The van der Waals surface area contributed by atoms with E-state index in [1.165, 1.54) is 12.1 Å². The second kappa shape index (κ2) is 10.1. The summed E-state index contributed by atoms with van der Waals surface area (Å²) in [5.41, 5.74) is 1.69. The van der Waals surface area contributed by atoms with Crippen molar-refractivity contribution in [3.05, 3.63) is 59.9 Å². The molecule has 2 aromatic carbocycles. The topological polar surface area (TPSA) is 44.6 Å². The molecule has 192 valence electrons. The van der Waals surface area contributed by atoms with Gasteiger partial charge in [-0.3, -0.25) is 9.69 Å². The number of para-hydroxylation sites is 3. The van der Waals surface area contributed by atoms with Gasteiger partial charge in [0.1, 0.15) is 5.82 Å². The fraction of sp³-hybridized carbons (Fsp3) is 0.481. The van der Waals surface area contributed by atoms with Gasteiger partial charge >= 0.3 is 6.18 Å². The van der Waals surface area contributed by atoms with Crippen molar-refractivity contribution >= 4 is 22.6 Å². The molecule has 1 aromatic heterocycles. The van der Waals surface area contributed by atoms with E-state index in [-0.39, 0.29) is 17.5 Å². The van der Waals surface area contributed by atoms with Gasteiger partial charge < -0.3 is 14.4 Å². The average molecular weight is 500 g/mol. The molecule has 0 spiro atoms. The monoisotopic (exact) mass is 499 g/mol. The molecule has 36 heavy (non-hydrogen) atoms. The van der Waals surface area contributed by atoms with Crippen molar-refractivity contribution in [3.8, 4) is 0 Å². The van der Waals surface area contributed by atoms with Crippen LogP contribution in [0.15, 0.2) is 48.5 Å². The van der Waals surface area contributed by atoms with E-state index in [0.29, 0.717) is 39.3 Å². The number of amides is 1. The molecule has 2 saturated heterocycles. The van der Waals surface area contributed by atoms with Crippen molar-refractivity contribution in [2.45, 2.75) is 39.0 Å². The van der Waals surface area contributed by atoms with E-state index in [0.717, 1.165) is 48.9 Å². The number of anilines is 1. The van der Waals surface area contributed by atoms with E-state index >= 15 is 0 Å². The minimum absolute atomic E-state index is 0.0905. The minimum atomic E-state index is -4.40. The smallest absolute Gasteiger partial charge is 0.367 e. The zero-order chi connectivity index (χ0) is 25.3. The number of fused-ring (bicyclic) bond motifs is 1. The summed E-state index contributed by atoms with van der Waals surface area (Å²) in [6, 6.07) is 13.8. The van der Waals surface area contributed by atoms with Crippen molar-refractivity contribution in [1.29, 1.82) is 0 Å². The summed E-state index contributed by atoms with van der Waals surface area (Å²) in [4.78, 5) is 24.1. The van der Waals surface area contributed by atoms with Gasteiger partial charge in [-0.05, 0) is 50.6 Å². The van der Waals surface area contributed by atoms with Crippen LogP contribution in [0.1, 0.15) is 31.2 Å². The predicted molar refractivity (Wildman–Crippen MR) is 134 cm³/mol. The summed E-state index contributed by atoms with van der Waals surface area (Å²) in [5, 5.41) is 0. The molecule has 0 bridgehead atoms. The van der Waals surface area contributed by atoms with Gasteiger partial charge in [0.25, 0.3) is 0 Å². The van der Waals surface area contributed by atoms with Crippen LogP contribution >= 0.6 is 0 Å². The summed E-state index contributed by atoms with van der Waals surface area (Å²) in [6.07, 6.45) is -2.61. The molecule has 0 aliphatic carbocycles. The number of imidazole rings is 1. The second-order valence-electron chi connectivity index (χ2n) is 9.66. The largest absolute Gasteiger partial charge is 0.418 e. The summed E-state index contributed by atoms with van der Waals surface area (Å²) in [6.45, 7) is 6.95. The molecule has 0 unspecified atom stereocenters. The standard InChI is InChI=1S/C27H32F3N5O/c1-2-35-24-12-6-4-10-22(24)31-25(35)19-32-13-7-8-20(18-32)26(36)34-16-14-33(15-17-34)23-11-5-3-9-21(23)27(28,29)30/h3-6,9-12,20H,2,7-8,13-19H2,1H3/t20-/m1/s1. The molecule has 1 amide bonds. The first-order chi connectivity index (χ1) is 17.3. The number of aromatic nitrogens is 2. The Morgan fingerprint density at radius 2 is 1.72 bits per heavy atom. The van der Waals surface area contributed by atoms with Crippen LogP contribution in [0, 0.1) is 5.92 Å². The number of hydrogen-bond acceptors (Lipinski definition) is 4. The summed E-state index contributed by atoms with van der Waals surface area (Å²) in [7, 11) is 0. The number of carbonyl (C=O) groups is 1. The number of piperidine rings is 1. The number of nitrogens with zero attached hydrogens (tertiary/aromatic N) is 5. The van der Waals surface area contributed by atoms with E-state index < -0.39 is 11.7 Å². The van der Waals surface area contributed by atoms with Gasteiger partial charge in [0.2, 0.25) is 5.91 Å². The fourth-order valence-corrected chi connectivity index (χ4v) is 5.61. The first-order valence-electron chi connectivity index (χ1n) is 12.7. The molecule has 0 radical (unpaired) electrons. The molecule has 1 atom stereocenters. The van der Waals surface area contributed by atoms with Crippen molar-refractivity contribution in [2.75, 3.05) is 44.2 Å². The molecular formula is C27H32F3N5O. The lowest BCUT2D eigenvalue weighted by molar-refractivity contribution is -0.139. The third-order valence-corrected chi connectivity index (χ3v) is 7.41.